The molecule has 1 heterocycles. The molecule has 1 aromatic rings. The first-order valence-electron chi connectivity index (χ1n) is 7.09. The predicted molar refractivity (Wildman–Crippen MR) is 82.0 cm³/mol. The minimum atomic E-state index is -3.63. The summed E-state index contributed by atoms with van der Waals surface area (Å²) >= 11 is 0. The number of hydrogen-bond donors (Lipinski definition) is 2. The molecule has 0 spiro atoms. The van der Waals surface area contributed by atoms with Gasteiger partial charge in [0, 0.05) is 23.3 Å². The average Bonchev–Trinajstić information content (AvgIpc) is 2.89. The second kappa shape index (κ2) is 5.03. The van der Waals surface area contributed by atoms with Gasteiger partial charge in [-0.1, -0.05) is 13.8 Å². The number of aromatic nitrogens is 1. The fourth-order valence-electron chi connectivity index (χ4n) is 2.85. The second-order valence-corrected chi connectivity index (χ2v) is 9.07. The normalized spacial score (nSPS) is 24.0. The maximum Gasteiger partial charge on any atom is 0.307 e. The molecule has 2 rings (SSSR count). The molecular weight excluding hydrogens is 304 g/mol. The summed E-state index contributed by atoms with van der Waals surface area (Å²) in [5.74, 6) is -1.50. The summed E-state index contributed by atoms with van der Waals surface area (Å²) < 4.78 is 27.0. The molecule has 1 fully saturated rings. The zero-order valence-electron chi connectivity index (χ0n) is 13.4. The average molecular weight is 326 g/mol. The highest BCUT2D eigenvalue weighted by Crippen LogP contribution is 2.63. The van der Waals surface area contributed by atoms with Gasteiger partial charge in [0.15, 0.2) is 0 Å². The van der Waals surface area contributed by atoms with E-state index in [2.05, 4.69) is 9.71 Å². The van der Waals surface area contributed by atoms with E-state index in [1.165, 1.54) is 12.3 Å². The number of nitrogens with one attached hydrogen (secondary N) is 1. The summed E-state index contributed by atoms with van der Waals surface area (Å²) in [7, 11) is -3.63. The largest absolute Gasteiger partial charge is 0.481 e. The molecule has 6 nitrogen and oxygen atoms in total. The van der Waals surface area contributed by atoms with Crippen molar-refractivity contribution < 1.29 is 18.3 Å². The molecule has 1 aliphatic rings. The Labute approximate surface area is 131 Å². The predicted octanol–water partition coefficient (Wildman–Crippen LogP) is 1.98. The van der Waals surface area contributed by atoms with Crippen LogP contribution >= 0.6 is 0 Å². The van der Waals surface area contributed by atoms with Crippen molar-refractivity contribution in [1.29, 1.82) is 0 Å². The maximum atomic E-state index is 12.2. The van der Waals surface area contributed by atoms with Gasteiger partial charge in [0.25, 0.3) is 0 Å². The topological polar surface area (TPSA) is 96.4 Å². The molecule has 0 aromatic carbocycles. The number of pyridine rings is 1. The SMILES string of the molecule is CC(C)(C)NS(=O)(=O)c1ccc([C@H]2[C@H](C(=O)O)C2(C)C)nc1. The number of hydrogen-bond acceptors (Lipinski definition) is 4. The zero-order chi connectivity index (χ0) is 16.9. The van der Waals surface area contributed by atoms with Crippen molar-refractivity contribution in [1.82, 2.24) is 9.71 Å². The molecule has 0 unspecified atom stereocenters. The van der Waals surface area contributed by atoms with Crippen molar-refractivity contribution in [3.05, 3.63) is 24.0 Å². The van der Waals surface area contributed by atoms with Crippen molar-refractivity contribution >= 4 is 16.0 Å². The Hall–Kier alpha value is -1.47. The fourth-order valence-corrected chi connectivity index (χ4v) is 4.21. The lowest BCUT2D eigenvalue weighted by Gasteiger charge is -2.20. The van der Waals surface area contributed by atoms with Crippen LogP contribution in [0.4, 0.5) is 0 Å². The Morgan fingerprint density at radius 1 is 1.32 bits per heavy atom. The molecule has 0 amide bonds. The molecule has 1 saturated carbocycles. The van der Waals surface area contributed by atoms with E-state index in [9.17, 15) is 18.3 Å². The van der Waals surface area contributed by atoms with Crippen LogP contribution in [0, 0.1) is 11.3 Å². The third-order valence-electron chi connectivity index (χ3n) is 3.92. The zero-order valence-corrected chi connectivity index (χ0v) is 14.2. The number of nitrogens with zero attached hydrogens (tertiary/aromatic N) is 1. The van der Waals surface area contributed by atoms with Gasteiger partial charge in [-0.25, -0.2) is 13.1 Å². The van der Waals surface area contributed by atoms with Crippen molar-refractivity contribution in [2.45, 2.75) is 51.0 Å². The second-order valence-electron chi connectivity index (χ2n) is 7.39. The molecule has 0 saturated heterocycles. The third kappa shape index (κ3) is 3.15. The van der Waals surface area contributed by atoms with E-state index in [0.717, 1.165) is 0 Å². The van der Waals surface area contributed by atoms with Crippen LogP contribution in [0.2, 0.25) is 0 Å². The van der Waals surface area contributed by atoms with Gasteiger partial charge >= 0.3 is 5.97 Å². The summed E-state index contributed by atoms with van der Waals surface area (Å²) in [6.07, 6.45) is 1.29. The first-order chi connectivity index (χ1) is 9.86. The molecule has 1 aliphatic carbocycles. The highest BCUT2D eigenvalue weighted by Gasteiger charge is 2.63. The third-order valence-corrected chi connectivity index (χ3v) is 5.67. The standard InChI is InChI=1S/C15H22N2O4S/c1-14(2,3)17-22(20,21)9-6-7-10(16-8-9)11-12(13(18)19)15(11,4)5/h6-8,11-12,17H,1-5H3,(H,18,19)/t11-,12+/m0/s1. The van der Waals surface area contributed by atoms with Gasteiger partial charge in [0.05, 0.1) is 5.92 Å². The van der Waals surface area contributed by atoms with Gasteiger partial charge in [0.2, 0.25) is 10.0 Å². The summed E-state index contributed by atoms with van der Waals surface area (Å²) in [5.41, 5.74) is -0.320. The van der Waals surface area contributed by atoms with Crippen LogP contribution in [-0.2, 0) is 14.8 Å². The molecule has 22 heavy (non-hydrogen) atoms. The summed E-state index contributed by atoms with van der Waals surface area (Å²) in [5, 5.41) is 9.20. The van der Waals surface area contributed by atoms with Crippen LogP contribution < -0.4 is 4.72 Å². The monoisotopic (exact) mass is 326 g/mol. The van der Waals surface area contributed by atoms with Crippen LogP contribution in [0.15, 0.2) is 23.2 Å². The number of carboxylic acids is 1. The lowest BCUT2D eigenvalue weighted by molar-refractivity contribution is -0.139. The quantitative estimate of drug-likeness (QED) is 0.882. The lowest BCUT2D eigenvalue weighted by Crippen LogP contribution is -2.40. The van der Waals surface area contributed by atoms with Gasteiger partial charge in [-0.3, -0.25) is 9.78 Å². The number of carbonyl (C=O) groups is 1. The van der Waals surface area contributed by atoms with Crippen LogP contribution in [0.5, 0.6) is 0 Å². The van der Waals surface area contributed by atoms with Gasteiger partial charge in [-0.2, -0.15) is 0 Å². The van der Waals surface area contributed by atoms with E-state index < -0.39 is 27.4 Å². The molecule has 0 radical (unpaired) electrons. The summed E-state index contributed by atoms with van der Waals surface area (Å²) in [6, 6.07) is 3.08. The molecule has 0 bridgehead atoms. The van der Waals surface area contributed by atoms with Gasteiger partial charge < -0.3 is 5.11 Å². The van der Waals surface area contributed by atoms with Crippen LogP contribution in [0.3, 0.4) is 0 Å². The minimum Gasteiger partial charge on any atom is -0.481 e. The first kappa shape index (κ1) is 16.9. The molecule has 122 valence electrons. The van der Waals surface area contributed by atoms with E-state index in [4.69, 9.17) is 0 Å². The van der Waals surface area contributed by atoms with E-state index >= 15 is 0 Å². The highest BCUT2D eigenvalue weighted by molar-refractivity contribution is 7.89. The van der Waals surface area contributed by atoms with Crippen molar-refractivity contribution in [3.63, 3.8) is 0 Å². The van der Waals surface area contributed by atoms with Gasteiger partial charge in [-0.15, -0.1) is 0 Å². The molecular formula is C15H22N2O4S. The minimum absolute atomic E-state index is 0.0801. The number of rotatable bonds is 4. The van der Waals surface area contributed by atoms with Crippen LogP contribution in [0.25, 0.3) is 0 Å². The van der Waals surface area contributed by atoms with E-state index in [0.29, 0.717) is 5.69 Å². The van der Waals surface area contributed by atoms with E-state index in [1.807, 2.05) is 13.8 Å². The Morgan fingerprint density at radius 3 is 2.27 bits per heavy atom. The fraction of sp³-hybridized carbons (Fsp3) is 0.600. The van der Waals surface area contributed by atoms with Crippen LogP contribution in [0.1, 0.15) is 46.2 Å². The number of sulfonamides is 1. The molecule has 1 aromatic heterocycles. The summed E-state index contributed by atoms with van der Waals surface area (Å²) in [6.45, 7) is 9.04. The van der Waals surface area contributed by atoms with Crippen LogP contribution in [-0.4, -0.2) is 30.0 Å². The summed E-state index contributed by atoms with van der Waals surface area (Å²) in [4.78, 5) is 15.5. The van der Waals surface area contributed by atoms with E-state index in [-0.39, 0.29) is 16.2 Å². The van der Waals surface area contributed by atoms with Gasteiger partial charge in [0.1, 0.15) is 4.90 Å². The van der Waals surface area contributed by atoms with Crippen molar-refractivity contribution in [3.8, 4) is 0 Å². The maximum absolute atomic E-state index is 12.2. The Kier molecular flexibility index (Phi) is 3.86. The Balaban J connectivity index is 2.24. The highest BCUT2D eigenvalue weighted by atomic mass is 32.2. The van der Waals surface area contributed by atoms with Gasteiger partial charge in [-0.05, 0) is 38.3 Å². The van der Waals surface area contributed by atoms with Crippen molar-refractivity contribution in [2.75, 3.05) is 0 Å². The van der Waals surface area contributed by atoms with E-state index in [1.54, 1.807) is 26.8 Å². The number of carboxylic acid groups (broad SMARTS) is 1. The lowest BCUT2D eigenvalue weighted by atomic mass is 10.1. The molecule has 7 heteroatoms. The molecule has 2 atom stereocenters. The first-order valence-corrected chi connectivity index (χ1v) is 8.57. The van der Waals surface area contributed by atoms with Crippen molar-refractivity contribution in [2.24, 2.45) is 11.3 Å². The number of aliphatic carboxylic acids is 1. The molecule has 2 N–H and O–H groups in total. The Morgan fingerprint density at radius 2 is 1.91 bits per heavy atom. The Bertz CT molecular complexity index is 687. The smallest absolute Gasteiger partial charge is 0.307 e. The molecule has 0 aliphatic heterocycles.